The number of piperidine rings is 1. The molecule has 0 saturated carbocycles. The zero-order valence-corrected chi connectivity index (χ0v) is 12.8. The molecule has 5 heterocycles. The fraction of sp³-hybridized carbons (Fsp3) is 0.471. The van der Waals surface area contributed by atoms with Crippen LogP contribution in [-0.4, -0.2) is 30.3 Å². The minimum Gasteiger partial charge on any atom is -0.464 e. The highest BCUT2D eigenvalue weighted by Gasteiger charge is 2.35. The van der Waals surface area contributed by atoms with Gasteiger partial charge in [-0.2, -0.15) is 0 Å². The molecule has 3 aliphatic rings. The summed E-state index contributed by atoms with van der Waals surface area (Å²) in [4.78, 5) is 16.3. The van der Waals surface area contributed by atoms with Crippen LogP contribution in [0.1, 0.15) is 28.9 Å². The van der Waals surface area contributed by atoms with Crippen molar-refractivity contribution in [2.45, 2.75) is 19.3 Å². The van der Waals surface area contributed by atoms with Gasteiger partial charge in [0.05, 0.1) is 11.1 Å². The van der Waals surface area contributed by atoms with Crippen LogP contribution in [0.4, 0.5) is 0 Å². The molecular weight excluding hydrogens is 282 g/mol. The van der Waals surface area contributed by atoms with Gasteiger partial charge in [-0.1, -0.05) is 0 Å². The van der Waals surface area contributed by atoms with Gasteiger partial charge < -0.3 is 9.32 Å². The number of carbonyl (C=O) groups excluding carboxylic acids is 1. The summed E-state index contributed by atoms with van der Waals surface area (Å²) >= 11 is 1.56. The zero-order valence-electron chi connectivity index (χ0n) is 12.0. The Morgan fingerprint density at radius 2 is 2.05 bits per heavy atom. The maximum absolute atomic E-state index is 12.9. The number of nitrogens with zero attached hydrogens (tertiary/aromatic N) is 1. The summed E-state index contributed by atoms with van der Waals surface area (Å²) < 4.78 is 5.42. The first kappa shape index (κ1) is 13.3. The fourth-order valence-corrected chi connectivity index (χ4v) is 4.60. The van der Waals surface area contributed by atoms with Gasteiger partial charge in [0.15, 0.2) is 5.78 Å². The highest BCUT2D eigenvalue weighted by Crippen LogP contribution is 2.36. The Kier molecular flexibility index (Phi) is 3.43. The van der Waals surface area contributed by atoms with Crippen molar-refractivity contribution < 1.29 is 9.21 Å². The topological polar surface area (TPSA) is 33.5 Å². The van der Waals surface area contributed by atoms with Crippen LogP contribution in [0.5, 0.6) is 0 Å². The second-order valence-corrected chi connectivity index (χ2v) is 7.03. The van der Waals surface area contributed by atoms with Crippen molar-refractivity contribution in [2.75, 3.05) is 19.6 Å². The number of hydrogen-bond acceptors (Lipinski definition) is 4. The maximum atomic E-state index is 12.9. The minimum absolute atomic E-state index is 0.223. The van der Waals surface area contributed by atoms with Gasteiger partial charge in [0, 0.05) is 16.9 Å². The Morgan fingerprint density at radius 1 is 1.24 bits per heavy atom. The third kappa shape index (κ3) is 2.47. The Labute approximate surface area is 128 Å². The Morgan fingerprint density at radius 3 is 2.81 bits per heavy atom. The highest BCUT2D eigenvalue weighted by molar-refractivity contribution is 7.12. The summed E-state index contributed by atoms with van der Waals surface area (Å²) in [6, 6.07) is 5.83. The van der Waals surface area contributed by atoms with E-state index in [1.807, 2.05) is 23.6 Å². The Hall–Kier alpha value is -1.39. The Bertz CT molecular complexity index is 623. The summed E-state index contributed by atoms with van der Waals surface area (Å²) in [5, 5.41) is 2.03. The lowest BCUT2D eigenvalue weighted by atomic mass is 9.82. The quantitative estimate of drug-likeness (QED) is 0.806. The molecule has 2 aromatic rings. The first-order valence-corrected chi connectivity index (χ1v) is 8.58. The van der Waals surface area contributed by atoms with E-state index in [0.717, 1.165) is 29.2 Å². The lowest BCUT2D eigenvalue weighted by molar-refractivity contribution is 0.0864. The number of hydrogen-bond donors (Lipinski definition) is 0. The summed E-state index contributed by atoms with van der Waals surface area (Å²) in [5.41, 5.74) is 1.02. The Balaban J connectivity index is 1.57. The van der Waals surface area contributed by atoms with Crippen LogP contribution in [0.15, 0.2) is 34.3 Å². The molecule has 0 aromatic carbocycles. The van der Waals surface area contributed by atoms with E-state index in [9.17, 15) is 4.79 Å². The third-order valence-corrected chi connectivity index (χ3v) is 5.89. The van der Waals surface area contributed by atoms with Crippen molar-refractivity contribution in [3.05, 3.63) is 34.7 Å². The van der Waals surface area contributed by atoms with Crippen molar-refractivity contribution >= 4 is 17.1 Å². The molecule has 3 nitrogen and oxygen atoms in total. The van der Waals surface area contributed by atoms with Crippen molar-refractivity contribution in [3.63, 3.8) is 0 Å². The molecule has 3 saturated heterocycles. The first-order chi connectivity index (χ1) is 10.3. The average Bonchev–Trinajstić information content (AvgIpc) is 3.12. The van der Waals surface area contributed by atoms with Crippen LogP contribution < -0.4 is 0 Å². The maximum Gasteiger partial charge on any atom is 0.176 e. The van der Waals surface area contributed by atoms with Gasteiger partial charge in [-0.25, -0.2) is 0 Å². The van der Waals surface area contributed by atoms with Crippen LogP contribution in [-0.2, 0) is 0 Å². The summed E-state index contributed by atoms with van der Waals surface area (Å²) in [6.07, 6.45) is 5.07. The molecule has 0 amide bonds. The van der Waals surface area contributed by atoms with Gasteiger partial charge in [0.2, 0.25) is 0 Å². The van der Waals surface area contributed by atoms with E-state index in [0.29, 0.717) is 11.7 Å². The molecule has 21 heavy (non-hydrogen) atoms. The molecule has 110 valence electrons. The first-order valence-electron chi connectivity index (χ1n) is 7.70. The lowest BCUT2D eigenvalue weighted by Gasteiger charge is -2.28. The van der Waals surface area contributed by atoms with E-state index >= 15 is 0 Å². The van der Waals surface area contributed by atoms with Crippen LogP contribution in [0.2, 0.25) is 0 Å². The standard InChI is InChI=1S/C17H19NO2S/c19-17(14-5-8-18-6-3-12(14)4-7-18)16-10-13(11-21-16)15-2-1-9-20-15/h1-2,9-12,14H,3-8H2. The van der Waals surface area contributed by atoms with Crippen molar-refractivity contribution in [1.82, 2.24) is 4.90 Å². The third-order valence-electron chi connectivity index (χ3n) is 4.94. The van der Waals surface area contributed by atoms with Gasteiger partial charge in [0.1, 0.15) is 5.76 Å². The number of Topliss-reactive ketones (excluding diaryl/α,β-unsaturated/α-hetero) is 1. The van der Waals surface area contributed by atoms with E-state index in [2.05, 4.69) is 4.90 Å². The zero-order chi connectivity index (χ0) is 14.2. The van der Waals surface area contributed by atoms with Crippen molar-refractivity contribution in [2.24, 2.45) is 11.8 Å². The van der Waals surface area contributed by atoms with E-state index in [4.69, 9.17) is 4.42 Å². The molecule has 0 spiro atoms. The van der Waals surface area contributed by atoms with Gasteiger partial charge >= 0.3 is 0 Å². The molecule has 5 rings (SSSR count). The largest absolute Gasteiger partial charge is 0.464 e. The summed E-state index contributed by atoms with van der Waals surface area (Å²) in [5.74, 6) is 2.01. The van der Waals surface area contributed by atoms with Gasteiger partial charge in [-0.3, -0.25) is 4.79 Å². The molecule has 4 heteroatoms. The van der Waals surface area contributed by atoms with Gasteiger partial charge in [0.25, 0.3) is 0 Å². The minimum atomic E-state index is 0.223. The summed E-state index contributed by atoms with van der Waals surface area (Å²) in [7, 11) is 0. The van der Waals surface area contributed by atoms with Gasteiger partial charge in [-0.05, 0) is 63.0 Å². The number of rotatable bonds is 3. The second-order valence-electron chi connectivity index (χ2n) is 6.12. The fourth-order valence-electron chi connectivity index (χ4n) is 3.70. The van der Waals surface area contributed by atoms with Crippen LogP contribution in [0.25, 0.3) is 11.3 Å². The number of fused-ring (bicyclic) bond motifs is 4. The second kappa shape index (κ2) is 5.43. The number of carbonyl (C=O) groups is 1. The molecule has 0 aliphatic carbocycles. The molecule has 0 N–H and O–H groups in total. The number of thiophene rings is 1. The molecule has 1 atom stereocenters. The molecule has 0 radical (unpaired) electrons. The normalized spacial score (nSPS) is 28.5. The van der Waals surface area contributed by atoms with E-state index in [1.165, 1.54) is 25.9 Å². The molecular formula is C17H19NO2S. The van der Waals surface area contributed by atoms with E-state index in [-0.39, 0.29) is 5.92 Å². The van der Waals surface area contributed by atoms with Gasteiger partial charge in [-0.15, -0.1) is 11.3 Å². The predicted molar refractivity (Wildman–Crippen MR) is 83.6 cm³/mol. The van der Waals surface area contributed by atoms with Crippen LogP contribution in [0, 0.1) is 11.8 Å². The predicted octanol–water partition coefficient (Wildman–Crippen LogP) is 3.92. The SMILES string of the molecule is O=C(c1cc(-c2ccco2)cs1)C1CCN2CCC1CC2. The number of ketones is 1. The lowest BCUT2D eigenvalue weighted by Crippen LogP contribution is -2.31. The van der Waals surface area contributed by atoms with Crippen molar-refractivity contribution in [3.8, 4) is 11.3 Å². The number of furan rings is 1. The molecule has 3 fully saturated rings. The van der Waals surface area contributed by atoms with Crippen LogP contribution in [0.3, 0.4) is 0 Å². The smallest absolute Gasteiger partial charge is 0.176 e. The average molecular weight is 301 g/mol. The molecule has 1 unspecified atom stereocenters. The van der Waals surface area contributed by atoms with Crippen LogP contribution >= 0.6 is 11.3 Å². The van der Waals surface area contributed by atoms with Crippen molar-refractivity contribution in [1.29, 1.82) is 0 Å². The molecule has 2 bridgehead atoms. The highest BCUT2D eigenvalue weighted by atomic mass is 32.1. The van der Waals surface area contributed by atoms with E-state index in [1.54, 1.807) is 17.6 Å². The molecule has 3 aliphatic heterocycles. The monoisotopic (exact) mass is 301 g/mol. The van der Waals surface area contributed by atoms with E-state index < -0.39 is 0 Å². The molecule has 2 aromatic heterocycles. The summed E-state index contributed by atoms with van der Waals surface area (Å²) in [6.45, 7) is 3.44.